The number of amides is 1. The molecule has 7 heteroatoms. The third-order valence-corrected chi connectivity index (χ3v) is 7.12. The minimum Gasteiger partial charge on any atom is -0.465 e. The predicted molar refractivity (Wildman–Crippen MR) is 135 cm³/mol. The van der Waals surface area contributed by atoms with Crippen LogP contribution in [0.5, 0.6) is 0 Å². The molecular formula is C27H36N4O3. The Bertz CT molecular complexity index is 939. The Kier molecular flexibility index (Phi) is 8.39. The SMILES string of the molecule is O=C(O)NCC1CCN(c2ccc(NCCCC(=O)c3ccc(C4CCCCC4)cc3)cn2)C1. The van der Waals surface area contributed by atoms with Gasteiger partial charge in [-0.15, -0.1) is 0 Å². The van der Waals surface area contributed by atoms with Crippen LogP contribution in [0, 0.1) is 5.92 Å². The molecule has 0 radical (unpaired) electrons. The summed E-state index contributed by atoms with van der Waals surface area (Å²) >= 11 is 0. The molecule has 1 atom stereocenters. The molecule has 1 aliphatic carbocycles. The van der Waals surface area contributed by atoms with Crippen molar-refractivity contribution in [2.24, 2.45) is 5.92 Å². The maximum atomic E-state index is 12.6. The minimum atomic E-state index is -0.971. The van der Waals surface area contributed by atoms with Gasteiger partial charge in [-0.05, 0) is 55.2 Å². The number of benzene rings is 1. The van der Waals surface area contributed by atoms with Gasteiger partial charge >= 0.3 is 6.09 Å². The zero-order valence-corrected chi connectivity index (χ0v) is 19.8. The number of Topliss-reactive ketones (excluding diaryl/α,β-unsaturated/α-hetero) is 1. The molecule has 1 saturated carbocycles. The highest BCUT2D eigenvalue weighted by atomic mass is 16.4. The smallest absolute Gasteiger partial charge is 0.404 e. The molecule has 182 valence electrons. The molecule has 2 aliphatic rings. The van der Waals surface area contributed by atoms with Crippen molar-refractivity contribution in [3.8, 4) is 0 Å². The van der Waals surface area contributed by atoms with Crippen molar-refractivity contribution in [3.63, 3.8) is 0 Å². The van der Waals surface area contributed by atoms with Crippen LogP contribution >= 0.6 is 0 Å². The van der Waals surface area contributed by atoms with Crippen LogP contribution in [0.1, 0.15) is 73.2 Å². The van der Waals surface area contributed by atoms with Crippen molar-refractivity contribution in [3.05, 3.63) is 53.7 Å². The monoisotopic (exact) mass is 464 g/mol. The second kappa shape index (κ2) is 11.9. The van der Waals surface area contributed by atoms with E-state index in [0.29, 0.717) is 24.8 Å². The number of nitrogens with zero attached hydrogens (tertiary/aromatic N) is 2. The summed E-state index contributed by atoms with van der Waals surface area (Å²) < 4.78 is 0. The molecule has 34 heavy (non-hydrogen) atoms. The van der Waals surface area contributed by atoms with Gasteiger partial charge in [-0.1, -0.05) is 43.5 Å². The Labute approximate surface area is 202 Å². The fraction of sp³-hybridized carbons (Fsp3) is 0.519. The molecule has 1 unspecified atom stereocenters. The van der Waals surface area contributed by atoms with Crippen molar-refractivity contribution in [1.29, 1.82) is 0 Å². The van der Waals surface area contributed by atoms with E-state index < -0.39 is 6.09 Å². The van der Waals surface area contributed by atoms with E-state index in [1.54, 1.807) is 0 Å². The molecule has 2 fully saturated rings. The Morgan fingerprint density at radius 1 is 1.03 bits per heavy atom. The van der Waals surface area contributed by atoms with E-state index in [9.17, 15) is 9.59 Å². The van der Waals surface area contributed by atoms with E-state index in [1.807, 2.05) is 30.5 Å². The largest absolute Gasteiger partial charge is 0.465 e. The Morgan fingerprint density at radius 2 is 1.82 bits per heavy atom. The van der Waals surface area contributed by atoms with Crippen molar-refractivity contribution >= 4 is 23.4 Å². The van der Waals surface area contributed by atoms with Crippen LogP contribution in [0.3, 0.4) is 0 Å². The number of carbonyl (C=O) groups is 2. The number of hydrogen-bond donors (Lipinski definition) is 3. The highest BCUT2D eigenvalue weighted by Gasteiger charge is 2.23. The molecule has 1 aromatic heterocycles. The standard InChI is InChI=1S/C27H36N4O3/c32-25(23-10-8-22(9-11-23)21-5-2-1-3-6-21)7-4-15-28-24-12-13-26(29-18-24)31-16-14-20(19-31)17-30-27(33)34/h8-13,18,20-21,28,30H,1-7,14-17,19H2,(H,33,34). The van der Waals surface area contributed by atoms with Crippen molar-refractivity contribution in [2.45, 2.75) is 57.3 Å². The maximum absolute atomic E-state index is 12.6. The molecule has 2 aromatic rings. The number of anilines is 2. The normalized spacial score (nSPS) is 18.6. The number of hydrogen-bond acceptors (Lipinski definition) is 5. The lowest BCUT2D eigenvalue weighted by molar-refractivity contribution is 0.0981. The lowest BCUT2D eigenvalue weighted by Gasteiger charge is -2.22. The van der Waals surface area contributed by atoms with Gasteiger partial charge in [0.2, 0.25) is 0 Å². The topological polar surface area (TPSA) is 94.6 Å². The summed E-state index contributed by atoms with van der Waals surface area (Å²) in [5, 5.41) is 14.6. The summed E-state index contributed by atoms with van der Waals surface area (Å²) in [4.78, 5) is 30.0. The first kappa shape index (κ1) is 24.0. The number of pyridine rings is 1. The third-order valence-electron chi connectivity index (χ3n) is 7.12. The number of aromatic nitrogens is 1. The first-order valence-electron chi connectivity index (χ1n) is 12.6. The van der Waals surface area contributed by atoms with Crippen molar-refractivity contribution in [2.75, 3.05) is 36.4 Å². The van der Waals surface area contributed by atoms with Gasteiger partial charge < -0.3 is 20.6 Å². The summed E-state index contributed by atoms with van der Waals surface area (Å²) in [6.45, 7) is 2.90. The van der Waals surface area contributed by atoms with Crippen LogP contribution in [0.2, 0.25) is 0 Å². The molecule has 1 saturated heterocycles. The number of carbonyl (C=O) groups excluding carboxylic acids is 1. The number of nitrogens with one attached hydrogen (secondary N) is 2. The van der Waals surface area contributed by atoms with Gasteiger partial charge in [0.15, 0.2) is 5.78 Å². The highest BCUT2D eigenvalue weighted by Crippen LogP contribution is 2.32. The first-order valence-corrected chi connectivity index (χ1v) is 12.6. The Morgan fingerprint density at radius 3 is 2.53 bits per heavy atom. The number of carboxylic acid groups (broad SMARTS) is 1. The van der Waals surface area contributed by atoms with Crippen LogP contribution < -0.4 is 15.5 Å². The molecule has 0 spiro atoms. The minimum absolute atomic E-state index is 0.200. The molecule has 7 nitrogen and oxygen atoms in total. The van der Waals surface area contributed by atoms with Gasteiger partial charge in [-0.3, -0.25) is 4.79 Å². The molecule has 2 heterocycles. The van der Waals surface area contributed by atoms with Gasteiger partial charge in [0.1, 0.15) is 5.82 Å². The average molecular weight is 465 g/mol. The Balaban J connectivity index is 1.16. The van der Waals surface area contributed by atoms with E-state index in [0.717, 1.165) is 49.5 Å². The molecular weight excluding hydrogens is 428 g/mol. The zero-order valence-electron chi connectivity index (χ0n) is 19.8. The second-order valence-corrected chi connectivity index (χ2v) is 9.60. The quantitative estimate of drug-likeness (QED) is 0.326. The number of ketones is 1. The van der Waals surface area contributed by atoms with Gasteiger partial charge in [0.25, 0.3) is 0 Å². The molecule has 1 amide bonds. The summed E-state index contributed by atoms with van der Waals surface area (Å²) in [6, 6.07) is 12.3. The maximum Gasteiger partial charge on any atom is 0.404 e. The fourth-order valence-electron chi connectivity index (χ4n) is 5.12. The van der Waals surface area contributed by atoms with E-state index >= 15 is 0 Å². The van der Waals surface area contributed by atoms with E-state index in [2.05, 4.69) is 32.7 Å². The van der Waals surface area contributed by atoms with Crippen LogP contribution in [-0.4, -0.2) is 48.1 Å². The second-order valence-electron chi connectivity index (χ2n) is 9.60. The van der Waals surface area contributed by atoms with Crippen LogP contribution in [0.4, 0.5) is 16.3 Å². The van der Waals surface area contributed by atoms with Gasteiger partial charge in [-0.25, -0.2) is 9.78 Å². The lowest BCUT2D eigenvalue weighted by atomic mass is 9.84. The number of rotatable bonds is 10. The summed E-state index contributed by atoms with van der Waals surface area (Å²) in [6.07, 6.45) is 9.66. The molecule has 4 rings (SSSR count). The highest BCUT2D eigenvalue weighted by molar-refractivity contribution is 5.96. The predicted octanol–water partition coefficient (Wildman–Crippen LogP) is 5.30. The summed E-state index contributed by atoms with van der Waals surface area (Å²) in [5.41, 5.74) is 3.14. The van der Waals surface area contributed by atoms with Crippen molar-refractivity contribution in [1.82, 2.24) is 10.3 Å². The van der Waals surface area contributed by atoms with E-state index in [4.69, 9.17) is 5.11 Å². The van der Waals surface area contributed by atoms with Crippen LogP contribution in [-0.2, 0) is 0 Å². The summed E-state index contributed by atoms with van der Waals surface area (Å²) in [5.74, 6) is 2.10. The lowest BCUT2D eigenvalue weighted by Crippen LogP contribution is -2.29. The van der Waals surface area contributed by atoms with Gasteiger partial charge in [0, 0.05) is 38.2 Å². The van der Waals surface area contributed by atoms with Gasteiger partial charge in [-0.2, -0.15) is 0 Å². The van der Waals surface area contributed by atoms with Crippen LogP contribution in [0.25, 0.3) is 0 Å². The molecule has 1 aromatic carbocycles. The molecule has 0 bridgehead atoms. The Hall–Kier alpha value is -3.09. The van der Waals surface area contributed by atoms with E-state index in [-0.39, 0.29) is 5.78 Å². The van der Waals surface area contributed by atoms with Crippen LogP contribution in [0.15, 0.2) is 42.6 Å². The molecule has 3 N–H and O–H groups in total. The van der Waals surface area contributed by atoms with Gasteiger partial charge in [0.05, 0.1) is 11.9 Å². The average Bonchev–Trinajstić information content (AvgIpc) is 3.35. The third kappa shape index (κ3) is 6.72. The fourth-order valence-corrected chi connectivity index (χ4v) is 5.12. The zero-order chi connectivity index (χ0) is 23.8. The molecule has 1 aliphatic heterocycles. The first-order chi connectivity index (χ1) is 16.6. The van der Waals surface area contributed by atoms with E-state index in [1.165, 1.54) is 37.7 Å². The summed E-state index contributed by atoms with van der Waals surface area (Å²) in [7, 11) is 0. The van der Waals surface area contributed by atoms with Crippen molar-refractivity contribution < 1.29 is 14.7 Å².